The van der Waals surface area contributed by atoms with Crippen molar-refractivity contribution >= 4 is 0 Å². The van der Waals surface area contributed by atoms with E-state index in [0.717, 1.165) is 25.6 Å². The van der Waals surface area contributed by atoms with Crippen LogP contribution in [0.3, 0.4) is 0 Å². The second-order valence-corrected chi connectivity index (χ2v) is 4.08. The molecule has 14 heavy (non-hydrogen) atoms. The molecule has 0 aromatic heterocycles. The second kappa shape index (κ2) is 7.21. The van der Waals surface area contributed by atoms with E-state index >= 15 is 0 Å². The molecule has 3 heteroatoms. The molecular formula is C11H23NO2. The van der Waals surface area contributed by atoms with Crippen molar-refractivity contribution < 1.29 is 9.47 Å². The van der Waals surface area contributed by atoms with Crippen molar-refractivity contribution in [3.05, 3.63) is 0 Å². The van der Waals surface area contributed by atoms with E-state index in [4.69, 9.17) is 9.47 Å². The molecule has 0 amide bonds. The molecule has 0 atom stereocenters. The highest BCUT2D eigenvalue weighted by Gasteiger charge is 2.19. The molecule has 1 N–H and O–H groups in total. The van der Waals surface area contributed by atoms with Crippen molar-refractivity contribution in [3.8, 4) is 0 Å². The van der Waals surface area contributed by atoms with Crippen LogP contribution >= 0.6 is 0 Å². The van der Waals surface area contributed by atoms with Crippen LogP contribution in [0.2, 0.25) is 0 Å². The number of ether oxygens (including phenoxy) is 2. The molecule has 0 heterocycles. The fourth-order valence-electron chi connectivity index (χ4n) is 2.05. The Kier molecular flexibility index (Phi) is 6.15. The van der Waals surface area contributed by atoms with E-state index < -0.39 is 0 Å². The summed E-state index contributed by atoms with van der Waals surface area (Å²) in [6.45, 7) is 2.92. The molecule has 0 radical (unpaired) electrons. The van der Waals surface area contributed by atoms with E-state index in [1.54, 1.807) is 7.11 Å². The zero-order valence-corrected chi connectivity index (χ0v) is 9.42. The van der Waals surface area contributed by atoms with Crippen molar-refractivity contribution in [1.82, 2.24) is 5.32 Å². The minimum atomic E-state index is 0.519. The van der Waals surface area contributed by atoms with Gasteiger partial charge in [0.15, 0.2) is 0 Å². The lowest BCUT2D eigenvalue weighted by Crippen LogP contribution is -2.30. The average molecular weight is 201 g/mol. The van der Waals surface area contributed by atoms with Gasteiger partial charge in [-0.3, -0.25) is 0 Å². The summed E-state index contributed by atoms with van der Waals surface area (Å²) in [6.07, 6.45) is 5.59. The highest BCUT2D eigenvalue weighted by atomic mass is 16.5. The third-order valence-electron chi connectivity index (χ3n) is 3.04. The Hall–Kier alpha value is -0.120. The van der Waals surface area contributed by atoms with Gasteiger partial charge in [-0.25, -0.2) is 0 Å². The lowest BCUT2D eigenvalue weighted by molar-refractivity contribution is 0.0565. The maximum Gasteiger partial charge on any atom is 0.0587 e. The first-order chi connectivity index (χ1) is 6.86. The average Bonchev–Trinajstić information content (AvgIpc) is 2.25. The molecule has 0 aliphatic heterocycles. The number of nitrogens with one attached hydrogen (secondary N) is 1. The van der Waals surface area contributed by atoms with E-state index in [0.29, 0.717) is 6.10 Å². The standard InChI is InChI=1S/C11H23NO2/c1-13-8-7-12-9-10-3-5-11(14-2)6-4-10/h10-12H,3-9H2,1-2H3. The van der Waals surface area contributed by atoms with Gasteiger partial charge in [-0.2, -0.15) is 0 Å². The van der Waals surface area contributed by atoms with Gasteiger partial charge < -0.3 is 14.8 Å². The van der Waals surface area contributed by atoms with Gasteiger partial charge in [0.2, 0.25) is 0 Å². The van der Waals surface area contributed by atoms with Crippen LogP contribution in [-0.2, 0) is 9.47 Å². The Morgan fingerprint density at radius 3 is 2.43 bits per heavy atom. The first kappa shape index (κ1) is 12.0. The van der Waals surface area contributed by atoms with Crippen LogP contribution in [0.4, 0.5) is 0 Å². The smallest absolute Gasteiger partial charge is 0.0587 e. The molecule has 1 aliphatic carbocycles. The fraction of sp³-hybridized carbons (Fsp3) is 1.00. The monoisotopic (exact) mass is 201 g/mol. The summed E-state index contributed by atoms with van der Waals surface area (Å²) in [4.78, 5) is 0. The Morgan fingerprint density at radius 1 is 1.14 bits per heavy atom. The van der Waals surface area contributed by atoms with E-state index in [1.807, 2.05) is 7.11 Å². The van der Waals surface area contributed by atoms with Crippen molar-refractivity contribution in [2.24, 2.45) is 5.92 Å². The molecule has 0 unspecified atom stereocenters. The van der Waals surface area contributed by atoms with E-state index in [-0.39, 0.29) is 0 Å². The van der Waals surface area contributed by atoms with Crippen LogP contribution in [-0.4, -0.2) is 40.0 Å². The molecular weight excluding hydrogens is 178 g/mol. The first-order valence-electron chi connectivity index (χ1n) is 5.59. The molecule has 0 saturated heterocycles. The van der Waals surface area contributed by atoms with E-state index in [9.17, 15) is 0 Å². The van der Waals surface area contributed by atoms with Gasteiger partial charge in [0.25, 0.3) is 0 Å². The van der Waals surface area contributed by atoms with Crippen LogP contribution in [0.5, 0.6) is 0 Å². The summed E-state index contributed by atoms with van der Waals surface area (Å²) >= 11 is 0. The van der Waals surface area contributed by atoms with E-state index in [2.05, 4.69) is 5.32 Å². The minimum Gasteiger partial charge on any atom is -0.383 e. The van der Waals surface area contributed by atoms with Crippen molar-refractivity contribution in [1.29, 1.82) is 0 Å². The maximum absolute atomic E-state index is 5.34. The van der Waals surface area contributed by atoms with Gasteiger partial charge >= 0.3 is 0 Å². The zero-order valence-electron chi connectivity index (χ0n) is 9.42. The van der Waals surface area contributed by atoms with E-state index in [1.165, 1.54) is 25.7 Å². The number of rotatable bonds is 6. The molecule has 1 saturated carbocycles. The van der Waals surface area contributed by atoms with Gasteiger partial charge in [0.1, 0.15) is 0 Å². The summed E-state index contributed by atoms with van der Waals surface area (Å²) in [5.74, 6) is 0.846. The van der Waals surface area contributed by atoms with Crippen LogP contribution in [0.25, 0.3) is 0 Å². The predicted octanol–water partition coefficient (Wildman–Crippen LogP) is 1.43. The predicted molar refractivity (Wildman–Crippen MR) is 57.5 cm³/mol. The SMILES string of the molecule is COCCNCC1CCC(OC)CC1. The van der Waals surface area contributed by atoms with Gasteiger partial charge in [-0.1, -0.05) is 0 Å². The largest absolute Gasteiger partial charge is 0.383 e. The second-order valence-electron chi connectivity index (χ2n) is 4.08. The molecule has 1 fully saturated rings. The molecule has 1 rings (SSSR count). The molecule has 0 spiro atoms. The number of hydrogen-bond acceptors (Lipinski definition) is 3. The Balaban J connectivity index is 1.98. The topological polar surface area (TPSA) is 30.5 Å². The van der Waals surface area contributed by atoms with Gasteiger partial charge in [-0.15, -0.1) is 0 Å². The summed E-state index contributed by atoms with van der Waals surface area (Å²) in [7, 11) is 3.56. The number of hydrogen-bond donors (Lipinski definition) is 1. The van der Waals surface area contributed by atoms with Crippen molar-refractivity contribution in [2.45, 2.75) is 31.8 Å². The summed E-state index contributed by atoms with van der Waals surface area (Å²) in [5, 5.41) is 3.42. The first-order valence-corrected chi connectivity index (χ1v) is 5.59. The maximum atomic E-state index is 5.34. The highest BCUT2D eigenvalue weighted by Crippen LogP contribution is 2.25. The third kappa shape index (κ3) is 4.40. The van der Waals surface area contributed by atoms with Gasteiger partial charge in [-0.05, 0) is 38.1 Å². The minimum absolute atomic E-state index is 0.519. The van der Waals surface area contributed by atoms with Crippen LogP contribution in [0, 0.1) is 5.92 Å². The van der Waals surface area contributed by atoms with Crippen molar-refractivity contribution in [2.75, 3.05) is 33.9 Å². The number of methoxy groups -OCH3 is 2. The normalized spacial score (nSPS) is 27.9. The Morgan fingerprint density at radius 2 is 1.86 bits per heavy atom. The lowest BCUT2D eigenvalue weighted by Gasteiger charge is -2.27. The summed E-state index contributed by atoms with van der Waals surface area (Å²) in [6, 6.07) is 0. The van der Waals surface area contributed by atoms with Crippen LogP contribution in [0.1, 0.15) is 25.7 Å². The van der Waals surface area contributed by atoms with Crippen molar-refractivity contribution in [3.63, 3.8) is 0 Å². The third-order valence-corrected chi connectivity index (χ3v) is 3.04. The summed E-state index contributed by atoms with van der Waals surface area (Å²) < 4.78 is 10.3. The zero-order chi connectivity index (χ0) is 10.2. The quantitative estimate of drug-likeness (QED) is 0.659. The lowest BCUT2D eigenvalue weighted by atomic mass is 9.87. The molecule has 84 valence electrons. The molecule has 0 aromatic rings. The Bertz CT molecular complexity index is 133. The van der Waals surface area contributed by atoms with Crippen LogP contribution < -0.4 is 5.32 Å². The Labute approximate surface area is 87.2 Å². The highest BCUT2D eigenvalue weighted by molar-refractivity contribution is 4.73. The van der Waals surface area contributed by atoms with Gasteiger partial charge in [0.05, 0.1) is 12.7 Å². The van der Waals surface area contributed by atoms with Gasteiger partial charge in [0, 0.05) is 20.8 Å². The molecule has 1 aliphatic rings. The fourth-order valence-corrected chi connectivity index (χ4v) is 2.05. The summed E-state index contributed by atoms with van der Waals surface area (Å²) in [5.41, 5.74) is 0. The van der Waals surface area contributed by atoms with Crippen LogP contribution in [0.15, 0.2) is 0 Å². The molecule has 3 nitrogen and oxygen atoms in total. The molecule has 0 aromatic carbocycles. The molecule has 0 bridgehead atoms.